The van der Waals surface area contributed by atoms with Crippen LogP contribution in [0.25, 0.3) is 0 Å². The number of rotatable bonds is 2. The average molecular weight is 143 g/mol. The molecule has 0 bridgehead atoms. The van der Waals surface area contributed by atoms with Gasteiger partial charge in [-0.2, -0.15) is 0 Å². The van der Waals surface area contributed by atoms with Gasteiger partial charge in [-0.3, -0.25) is 0 Å². The van der Waals surface area contributed by atoms with E-state index in [1.165, 1.54) is 11.7 Å². The first-order valence-electron chi connectivity index (χ1n) is 1.71. The predicted molar refractivity (Wildman–Crippen MR) is 25.7 cm³/mol. The number of hydrogen-bond donors (Lipinski definition) is 0. The Labute approximate surface area is 45.0 Å². The Hall–Kier alpha value is 0.760. The Morgan fingerprint density at radius 1 is 1.60 bits per heavy atom. The molecule has 0 saturated heterocycles. The fourth-order valence-electron chi connectivity index (χ4n) is 0.0884. The summed E-state index contributed by atoms with van der Waals surface area (Å²) in [5.74, 6) is 0. The van der Waals surface area contributed by atoms with Crippen molar-refractivity contribution in [2.45, 2.75) is 17.7 Å². The Morgan fingerprint density at radius 3 is 2.20 bits per heavy atom. The molecule has 0 spiro atoms. The van der Waals surface area contributed by atoms with Crippen LogP contribution in [0.4, 0.5) is 0 Å². The van der Waals surface area contributed by atoms with E-state index < -0.39 is 0 Å². The third kappa shape index (κ3) is 4.76. The van der Waals surface area contributed by atoms with Crippen LogP contribution >= 0.6 is 0 Å². The van der Waals surface area contributed by atoms with E-state index in [1.54, 1.807) is 0 Å². The van der Waals surface area contributed by atoms with Gasteiger partial charge >= 0.3 is 44.5 Å². The summed E-state index contributed by atoms with van der Waals surface area (Å²) in [6.45, 7) is 0. The van der Waals surface area contributed by atoms with Gasteiger partial charge in [0.1, 0.15) is 0 Å². The van der Waals surface area contributed by atoms with E-state index >= 15 is 0 Å². The first-order valence-corrected chi connectivity index (χ1v) is 3.90. The van der Waals surface area contributed by atoms with Crippen molar-refractivity contribution in [2.75, 3.05) is 0 Å². The molecule has 0 unspecified atom stereocenters. The van der Waals surface area contributed by atoms with Gasteiger partial charge in [-0.05, 0) is 0 Å². The molecule has 0 amide bonds. The molecule has 0 N–H and O–H groups in total. The van der Waals surface area contributed by atoms with Gasteiger partial charge in [-0.1, -0.05) is 0 Å². The van der Waals surface area contributed by atoms with Crippen LogP contribution in [0, 0.1) is 0 Å². The molecule has 26 valence electrons. The third-order valence-corrected chi connectivity index (χ3v) is 1.45. The van der Waals surface area contributed by atoms with Gasteiger partial charge in [0, 0.05) is 0 Å². The molecule has 0 aliphatic heterocycles. The van der Waals surface area contributed by atoms with Crippen LogP contribution in [0.15, 0.2) is 0 Å². The van der Waals surface area contributed by atoms with Crippen molar-refractivity contribution in [3.63, 3.8) is 0 Å². The quantitative estimate of drug-likeness (QED) is 0.495. The Bertz CT molecular complexity index is 14.4. The Kier molecular flexibility index (Phi) is 5.48. The maximum atomic E-state index is 3.35. The van der Waals surface area contributed by atoms with E-state index in [0.29, 0.717) is 0 Å². The summed E-state index contributed by atoms with van der Waals surface area (Å²) in [7, 11) is 3.35. The van der Waals surface area contributed by atoms with E-state index in [-0.39, 0.29) is 0 Å². The molecule has 0 fully saturated rings. The fraction of sp³-hybridized carbons (Fsp3) is 1.00. The number of hydrogen-bond acceptors (Lipinski definition) is 0. The summed E-state index contributed by atoms with van der Waals surface area (Å²) in [5, 5.41) is 1.30. The topological polar surface area (TPSA) is 0 Å². The van der Waals surface area contributed by atoms with E-state index in [4.69, 9.17) is 0 Å². The standard InChI is InChI=1S/C3H6GeSi/c4-2-1-3-5/h1-3H2. The Balaban J connectivity index is 2.19. The van der Waals surface area contributed by atoms with Crippen molar-refractivity contribution < 1.29 is 0 Å². The van der Waals surface area contributed by atoms with E-state index in [9.17, 15) is 0 Å². The second kappa shape index (κ2) is 4.76. The summed E-state index contributed by atoms with van der Waals surface area (Å²) in [4.78, 5) is 0. The first kappa shape index (κ1) is 5.76. The second-order valence-electron chi connectivity index (χ2n) is 0.854. The van der Waals surface area contributed by atoms with Crippen molar-refractivity contribution in [2.24, 2.45) is 0 Å². The average Bonchev–Trinajstić information content (AvgIpc) is 1.41. The summed E-state index contributed by atoms with van der Waals surface area (Å²) in [5.41, 5.74) is 0. The van der Waals surface area contributed by atoms with Gasteiger partial charge in [0.2, 0.25) is 0 Å². The van der Waals surface area contributed by atoms with Crippen LogP contribution in [0.5, 0.6) is 0 Å². The summed E-state index contributed by atoms with van der Waals surface area (Å²) >= 11 is 2.18. The van der Waals surface area contributed by atoms with Gasteiger partial charge < -0.3 is 0 Å². The maximum absolute atomic E-state index is 3.35. The van der Waals surface area contributed by atoms with Crippen molar-refractivity contribution in [3.8, 4) is 0 Å². The van der Waals surface area contributed by atoms with Gasteiger partial charge in [-0.25, -0.2) is 0 Å². The van der Waals surface area contributed by atoms with Gasteiger partial charge in [-0.15, -0.1) is 0 Å². The van der Waals surface area contributed by atoms with Crippen LogP contribution in [0.2, 0.25) is 11.3 Å². The molecular formula is C3H6GeSi. The molecule has 0 aromatic carbocycles. The molecule has 0 aromatic heterocycles. The summed E-state index contributed by atoms with van der Waals surface area (Å²) < 4.78 is 0. The molecule has 0 atom stereocenters. The molecule has 0 nitrogen and oxygen atoms in total. The van der Waals surface area contributed by atoms with E-state index in [1.807, 2.05) is 0 Å². The molecule has 0 heterocycles. The third-order valence-electron chi connectivity index (χ3n) is 0.354. The van der Waals surface area contributed by atoms with E-state index in [2.05, 4.69) is 26.8 Å². The van der Waals surface area contributed by atoms with Crippen LogP contribution in [-0.4, -0.2) is 26.8 Å². The molecule has 0 aliphatic carbocycles. The first-order chi connectivity index (χ1) is 2.41. The Morgan fingerprint density at radius 2 is 2.20 bits per heavy atom. The molecule has 5 heavy (non-hydrogen) atoms. The van der Waals surface area contributed by atoms with Crippen molar-refractivity contribution in [1.82, 2.24) is 0 Å². The summed E-state index contributed by atoms with van der Waals surface area (Å²) in [6.07, 6.45) is 1.30. The van der Waals surface area contributed by atoms with Gasteiger partial charge in [0.15, 0.2) is 0 Å². The zero-order valence-electron chi connectivity index (χ0n) is 3.12. The minimum atomic E-state index is 1.15. The van der Waals surface area contributed by atoms with Crippen LogP contribution in [-0.2, 0) is 0 Å². The molecule has 0 saturated carbocycles. The van der Waals surface area contributed by atoms with Gasteiger partial charge in [0.05, 0.1) is 0 Å². The van der Waals surface area contributed by atoms with Crippen molar-refractivity contribution in [3.05, 3.63) is 0 Å². The van der Waals surface area contributed by atoms with Crippen LogP contribution < -0.4 is 0 Å². The predicted octanol–water partition coefficient (Wildman–Crippen LogP) is 0.550. The normalized spacial score (nSPS) is 8.40. The molecule has 0 aliphatic rings. The SMILES string of the molecule is [Si]CC[CH2][Ge]. The molecule has 6 radical (unpaired) electrons. The van der Waals surface area contributed by atoms with Crippen LogP contribution in [0.3, 0.4) is 0 Å². The second-order valence-corrected chi connectivity index (χ2v) is 2.40. The molecular weight excluding hydrogens is 137 g/mol. The molecule has 0 rings (SSSR count). The van der Waals surface area contributed by atoms with Crippen molar-refractivity contribution >= 4 is 26.8 Å². The monoisotopic (exact) mass is 144 g/mol. The molecule has 2 heteroatoms. The molecule has 0 aromatic rings. The zero-order chi connectivity index (χ0) is 4.12. The van der Waals surface area contributed by atoms with Gasteiger partial charge in [0.25, 0.3) is 0 Å². The minimum absolute atomic E-state index is 1.15. The summed E-state index contributed by atoms with van der Waals surface area (Å²) in [6, 6.07) is 1.15. The zero-order valence-corrected chi connectivity index (χ0v) is 6.22. The fourth-order valence-corrected chi connectivity index (χ4v) is 1.38. The van der Waals surface area contributed by atoms with E-state index in [0.717, 1.165) is 6.04 Å². The van der Waals surface area contributed by atoms with Crippen LogP contribution in [0.1, 0.15) is 6.42 Å². The van der Waals surface area contributed by atoms with Crippen molar-refractivity contribution in [1.29, 1.82) is 0 Å².